The summed E-state index contributed by atoms with van der Waals surface area (Å²) in [5, 5.41) is 3.20. The molecule has 1 unspecified atom stereocenters. The van der Waals surface area contributed by atoms with Crippen molar-refractivity contribution in [2.24, 2.45) is 0 Å². The molecule has 0 spiro atoms. The molecule has 144 valence electrons. The molecule has 1 amide bonds. The first kappa shape index (κ1) is 19.7. The summed E-state index contributed by atoms with van der Waals surface area (Å²) >= 11 is 5.91. The van der Waals surface area contributed by atoms with E-state index in [1.165, 1.54) is 5.56 Å². The maximum absolute atomic E-state index is 13.7. The summed E-state index contributed by atoms with van der Waals surface area (Å²) in [6, 6.07) is 10.4. The van der Waals surface area contributed by atoms with Gasteiger partial charge in [-0.05, 0) is 36.8 Å². The number of hydrogen-bond donors (Lipinski definition) is 1. The third-order valence-corrected chi connectivity index (χ3v) is 5.09. The number of piperazine rings is 1. The number of rotatable bonds is 5. The molecule has 2 aromatic carbocycles. The van der Waals surface area contributed by atoms with E-state index >= 15 is 0 Å². The fourth-order valence-corrected chi connectivity index (χ4v) is 3.28. The highest BCUT2D eigenvalue weighted by Gasteiger charge is 2.26. The van der Waals surface area contributed by atoms with Gasteiger partial charge >= 0.3 is 0 Å². The van der Waals surface area contributed by atoms with Gasteiger partial charge < -0.3 is 5.32 Å². The first-order chi connectivity index (χ1) is 12.9. The van der Waals surface area contributed by atoms with Gasteiger partial charge in [0.25, 0.3) is 0 Å². The average molecular weight is 394 g/mol. The van der Waals surface area contributed by atoms with Crippen LogP contribution in [-0.4, -0.2) is 47.9 Å². The van der Waals surface area contributed by atoms with Crippen molar-refractivity contribution < 1.29 is 13.6 Å². The average Bonchev–Trinajstić information content (AvgIpc) is 2.66. The summed E-state index contributed by atoms with van der Waals surface area (Å²) in [5.74, 6) is -1.58. The molecule has 0 aliphatic carbocycles. The first-order valence-electron chi connectivity index (χ1n) is 8.89. The van der Waals surface area contributed by atoms with Crippen molar-refractivity contribution in [3.8, 4) is 0 Å². The topological polar surface area (TPSA) is 35.6 Å². The number of carbonyl (C=O) groups excluding carboxylic acids is 1. The van der Waals surface area contributed by atoms with E-state index in [1.807, 2.05) is 29.2 Å². The molecule has 0 saturated carbocycles. The van der Waals surface area contributed by atoms with Crippen molar-refractivity contribution in [3.05, 3.63) is 64.7 Å². The Morgan fingerprint density at radius 2 is 1.78 bits per heavy atom. The Bertz CT molecular complexity index is 792. The second-order valence-electron chi connectivity index (χ2n) is 6.73. The molecule has 7 heteroatoms. The van der Waals surface area contributed by atoms with Crippen LogP contribution in [0.15, 0.2) is 42.5 Å². The summed E-state index contributed by atoms with van der Waals surface area (Å²) in [7, 11) is 0. The second kappa shape index (κ2) is 8.78. The SMILES string of the molecule is CC(C(=O)Nc1cc(F)ccc1F)N1CCN(Cc2ccc(Cl)cc2)CC1. The van der Waals surface area contributed by atoms with Gasteiger partial charge in [-0.1, -0.05) is 23.7 Å². The van der Waals surface area contributed by atoms with Crippen LogP contribution in [0.4, 0.5) is 14.5 Å². The van der Waals surface area contributed by atoms with Gasteiger partial charge in [-0.25, -0.2) is 8.78 Å². The third kappa shape index (κ3) is 5.25. The Balaban J connectivity index is 1.51. The van der Waals surface area contributed by atoms with Gasteiger partial charge in [0, 0.05) is 43.8 Å². The number of amides is 1. The minimum atomic E-state index is -0.648. The maximum atomic E-state index is 13.7. The van der Waals surface area contributed by atoms with Crippen LogP contribution < -0.4 is 5.32 Å². The zero-order chi connectivity index (χ0) is 19.4. The lowest BCUT2D eigenvalue weighted by Gasteiger charge is -2.37. The molecule has 0 bridgehead atoms. The summed E-state index contributed by atoms with van der Waals surface area (Å²) in [6.45, 7) is 5.73. The van der Waals surface area contributed by atoms with Crippen LogP contribution in [0.3, 0.4) is 0 Å². The van der Waals surface area contributed by atoms with Gasteiger partial charge in [0.05, 0.1) is 11.7 Å². The third-order valence-electron chi connectivity index (χ3n) is 4.84. The van der Waals surface area contributed by atoms with E-state index in [0.717, 1.165) is 55.9 Å². The fraction of sp³-hybridized carbons (Fsp3) is 0.350. The van der Waals surface area contributed by atoms with Gasteiger partial charge in [-0.3, -0.25) is 14.6 Å². The van der Waals surface area contributed by atoms with E-state index in [9.17, 15) is 13.6 Å². The Kier molecular flexibility index (Phi) is 6.42. The number of halogens is 3. The molecule has 1 N–H and O–H groups in total. The molecule has 1 aliphatic rings. The van der Waals surface area contributed by atoms with Crippen LogP contribution in [0, 0.1) is 11.6 Å². The molecule has 1 heterocycles. The maximum Gasteiger partial charge on any atom is 0.241 e. The number of nitrogens with zero attached hydrogens (tertiary/aromatic N) is 2. The lowest BCUT2D eigenvalue weighted by atomic mass is 10.1. The smallest absolute Gasteiger partial charge is 0.241 e. The van der Waals surface area contributed by atoms with Crippen LogP contribution >= 0.6 is 11.6 Å². The van der Waals surface area contributed by atoms with Gasteiger partial charge in [-0.2, -0.15) is 0 Å². The van der Waals surface area contributed by atoms with Crippen LogP contribution in [0.1, 0.15) is 12.5 Å². The molecule has 4 nitrogen and oxygen atoms in total. The molecule has 1 fully saturated rings. The van der Waals surface area contributed by atoms with Crippen molar-refractivity contribution in [1.29, 1.82) is 0 Å². The normalized spacial score (nSPS) is 16.9. The number of anilines is 1. The van der Waals surface area contributed by atoms with E-state index in [0.29, 0.717) is 0 Å². The summed E-state index contributed by atoms with van der Waals surface area (Å²) in [4.78, 5) is 16.8. The second-order valence-corrected chi connectivity index (χ2v) is 7.16. The van der Waals surface area contributed by atoms with Crippen molar-refractivity contribution in [1.82, 2.24) is 9.80 Å². The van der Waals surface area contributed by atoms with Gasteiger partial charge in [0.15, 0.2) is 0 Å². The number of nitrogens with one attached hydrogen (secondary N) is 1. The standard InChI is InChI=1S/C20H22ClF2N3O/c1-14(20(27)24-19-12-17(22)6-7-18(19)23)26-10-8-25(9-11-26)13-15-2-4-16(21)5-3-15/h2-7,12,14H,8-11,13H2,1H3,(H,24,27). The largest absolute Gasteiger partial charge is 0.322 e. The van der Waals surface area contributed by atoms with Crippen LogP contribution in [-0.2, 0) is 11.3 Å². The molecule has 2 aromatic rings. The minimum absolute atomic E-state index is 0.131. The van der Waals surface area contributed by atoms with Gasteiger partial charge in [0.1, 0.15) is 11.6 Å². The van der Waals surface area contributed by atoms with E-state index in [2.05, 4.69) is 10.2 Å². The molecule has 1 aliphatic heterocycles. The zero-order valence-corrected chi connectivity index (χ0v) is 15.8. The highest BCUT2D eigenvalue weighted by Crippen LogP contribution is 2.17. The molecule has 1 saturated heterocycles. The molecular formula is C20H22ClF2N3O. The molecule has 0 aromatic heterocycles. The predicted molar refractivity (Wildman–Crippen MR) is 103 cm³/mol. The van der Waals surface area contributed by atoms with Gasteiger partial charge in [0.2, 0.25) is 5.91 Å². The predicted octanol–water partition coefficient (Wildman–Crippen LogP) is 3.76. The quantitative estimate of drug-likeness (QED) is 0.840. The molecular weight excluding hydrogens is 372 g/mol. The number of benzene rings is 2. The number of carbonyl (C=O) groups is 1. The van der Waals surface area contributed by atoms with Crippen molar-refractivity contribution >= 4 is 23.2 Å². The van der Waals surface area contributed by atoms with Crippen molar-refractivity contribution in [2.75, 3.05) is 31.5 Å². The lowest BCUT2D eigenvalue weighted by molar-refractivity contribution is -0.121. The Morgan fingerprint density at radius 1 is 1.11 bits per heavy atom. The molecule has 3 rings (SSSR count). The fourth-order valence-electron chi connectivity index (χ4n) is 3.15. The zero-order valence-electron chi connectivity index (χ0n) is 15.1. The minimum Gasteiger partial charge on any atom is -0.322 e. The highest BCUT2D eigenvalue weighted by atomic mass is 35.5. The molecule has 1 atom stereocenters. The monoisotopic (exact) mass is 393 g/mol. The summed E-state index contributed by atoms with van der Waals surface area (Å²) < 4.78 is 27.0. The van der Waals surface area contributed by atoms with Crippen LogP contribution in [0.25, 0.3) is 0 Å². The summed E-state index contributed by atoms with van der Waals surface area (Å²) in [5.41, 5.74) is 1.06. The van der Waals surface area contributed by atoms with Crippen LogP contribution in [0.2, 0.25) is 5.02 Å². The van der Waals surface area contributed by atoms with Crippen molar-refractivity contribution in [2.45, 2.75) is 19.5 Å². The Labute approximate surface area is 162 Å². The lowest BCUT2D eigenvalue weighted by Crippen LogP contribution is -2.52. The van der Waals surface area contributed by atoms with E-state index in [4.69, 9.17) is 11.6 Å². The first-order valence-corrected chi connectivity index (χ1v) is 9.27. The summed E-state index contributed by atoms with van der Waals surface area (Å²) in [6.07, 6.45) is 0. The van der Waals surface area contributed by atoms with Crippen LogP contribution in [0.5, 0.6) is 0 Å². The van der Waals surface area contributed by atoms with Crippen molar-refractivity contribution in [3.63, 3.8) is 0 Å². The van der Waals surface area contributed by atoms with E-state index in [-0.39, 0.29) is 11.6 Å². The number of hydrogen-bond acceptors (Lipinski definition) is 3. The Hall–Kier alpha value is -2.02. The molecule has 0 radical (unpaired) electrons. The highest BCUT2D eigenvalue weighted by molar-refractivity contribution is 6.30. The van der Waals surface area contributed by atoms with Gasteiger partial charge in [-0.15, -0.1) is 0 Å². The molecule has 27 heavy (non-hydrogen) atoms. The van der Waals surface area contributed by atoms with E-state index < -0.39 is 17.7 Å². The van der Waals surface area contributed by atoms with E-state index in [1.54, 1.807) is 6.92 Å². The Morgan fingerprint density at radius 3 is 2.44 bits per heavy atom.